The Balaban J connectivity index is 2.78. The molecule has 0 bridgehead atoms. The molecule has 0 aliphatic rings. The third-order valence-corrected chi connectivity index (χ3v) is 4.23. The third kappa shape index (κ3) is 4.00. The van der Waals surface area contributed by atoms with Gasteiger partial charge in [-0.2, -0.15) is 0 Å². The van der Waals surface area contributed by atoms with Gasteiger partial charge in [0.1, 0.15) is 0 Å². The summed E-state index contributed by atoms with van der Waals surface area (Å²) in [5.41, 5.74) is 1.03. The fraction of sp³-hybridized carbons (Fsp3) is 0.273. The second-order valence-electron chi connectivity index (χ2n) is 3.22. The lowest BCUT2D eigenvalue weighted by Gasteiger charge is -1.99. The summed E-state index contributed by atoms with van der Waals surface area (Å²) in [5, 5.41) is 11.2. The van der Waals surface area contributed by atoms with Gasteiger partial charge in [-0.25, -0.2) is 8.42 Å². The van der Waals surface area contributed by atoms with Crippen LogP contribution >= 0.6 is 11.8 Å². The summed E-state index contributed by atoms with van der Waals surface area (Å²) in [6.07, 6.45) is 0. The molecule has 16 heavy (non-hydrogen) atoms. The van der Waals surface area contributed by atoms with Crippen molar-refractivity contribution in [2.75, 3.05) is 12.4 Å². The summed E-state index contributed by atoms with van der Waals surface area (Å²) in [6.45, 7) is 1.95. The monoisotopic (exact) mass is 258 g/mol. The quantitative estimate of drug-likeness (QED) is 0.820. The van der Waals surface area contributed by atoms with Gasteiger partial charge in [0.15, 0.2) is 9.84 Å². The standard InChI is InChI=1S/C11H14O3S2/c1-10-2-4-11(5-3-10)16(13,14)9-8-15-7-6-12/h2-5,8-9,12H,6-7H2,1H3/b9-8+. The minimum absolute atomic E-state index is 0.0413. The molecule has 0 atom stereocenters. The Morgan fingerprint density at radius 1 is 1.31 bits per heavy atom. The summed E-state index contributed by atoms with van der Waals surface area (Å²) in [5.74, 6) is 0.500. The highest BCUT2D eigenvalue weighted by Crippen LogP contribution is 2.14. The van der Waals surface area contributed by atoms with Crippen LogP contribution in [0.4, 0.5) is 0 Å². The van der Waals surface area contributed by atoms with Crippen LogP contribution in [0, 0.1) is 6.92 Å². The number of aliphatic hydroxyl groups is 1. The second kappa shape index (κ2) is 6.08. The Kier molecular flexibility index (Phi) is 5.05. The van der Waals surface area contributed by atoms with Crippen LogP contribution in [-0.4, -0.2) is 25.9 Å². The lowest BCUT2D eigenvalue weighted by atomic mass is 10.2. The van der Waals surface area contributed by atoms with Gasteiger partial charge in [-0.3, -0.25) is 0 Å². The van der Waals surface area contributed by atoms with E-state index in [0.29, 0.717) is 10.6 Å². The maximum Gasteiger partial charge on any atom is 0.200 e. The Labute approximate surface area is 100 Å². The molecule has 1 N–H and O–H groups in total. The smallest absolute Gasteiger partial charge is 0.200 e. The number of rotatable bonds is 5. The first-order valence-corrected chi connectivity index (χ1v) is 7.36. The van der Waals surface area contributed by atoms with Crippen LogP contribution in [0.25, 0.3) is 0 Å². The normalized spacial score (nSPS) is 12.1. The molecule has 0 heterocycles. The molecule has 0 amide bonds. The molecule has 0 aliphatic heterocycles. The Hall–Kier alpha value is -0.780. The van der Waals surface area contributed by atoms with Crippen molar-refractivity contribution in [3.05, 3.63) is 40.6 Å². The van der Waals surface area contributed by atoms with E-state index in [9.17, 15) is 8.42 Å². The predicted octanol–water partition coefficient (Wildman–Crippen LogP) is 1.97. The number of thioether (sulfide) groups is 1. The third-order valence-electron chi connectivity index (χ3n) is 1.89. The molecule has 0 aromatic heterocycles. The molecule has 88 valence electrons. The van der Waals surface area contributed by atoms with Crippen molar-refractivity contribution >= 4 is 21.6 Å². The molecule has 5 heteroatoms. The fourth-order valence-corrected chi connectivity index (χ4v) is 2.85. The van der Waals surface area contributed by atoms with E-state index >= 15 is 0 Å². The van der Waals surface area contributed by atoms with Gasteiger partial charge >= 0.3 is 0 Å². The van der Waals surface area contributed by atoms with Crippen LogP contribution in [0.2, 0.25) is 0 Å². The van der Waals surface area contributed by atoms with Crippen LogP contribution in [0.5, 0.6) is 0 Å². The molecular formula is C11H14O3S2. The van der Waals surface area contributed by atoms with Crippen LogP contribution in [-0.2, 0) is 9.84 Å². The van der Waals surface area contributed by atoms with E-state index < -0.39 is 9.84 Å². The highest BCUT2D eigenvalue weighted by atomic mass is 32.2. The van der Waals surface area contributed by atoms with E-state index in [1.165, 1.54) is 17.2 Å². The average Bonchev–Trinajstić information content (AvgIpc) is 2.25. The van der Waals surface area contributed by atoms with Gasteiger partial charge in [0.25, 0.3) is 0 Å². The molecule has 1 aromatic carbocycles. The molecular weight excluding hydrogens is 244 g/mol. The zero-order valence-corrected chi connectivity index (χ0v) is 10.6. The minimum atomic E-state index is -3.34. The minimum Gasteiger partial charge on any atom is -0.396 e. The zero-order valence-electron chi connectivity index (χ0n) is 8.96. The lowest BCUT2D eigenvalue weighted by Crippen LogP contribution is -1.95. The molecule has 0 spiro atoms. The van der Waals surface area contributed by atoms with Crippen LogP contribution in [0.1, 0.15) is 5.56 Å². The van der Waals surface area contributed by atoms with Gasteiger partial charge < -0.3 is 5.11 Å². The van der Waals surface area contributed by atoms with Gasteiger partial charge in [-0.1, -0.05) is 17.7 Å². The Bertz CT molecular complexity index is 447. The summed E-state index contributed by atoms with van der Waals surface area (Å²) in [4.78, 5) is 0.291. The van der Waals surface area contributed by atoms with Crippen LogP contribution < -0.4 is 0 Å². The first kappa shape index (κ1) is 13.3. The summed E-state index contributed by atoms with van der Waals surface area (Å²) in [7, 11) is -3.34. The van der Waals surface area contributed by atoms with Crippen molar-refractivity contribution in [1.29, 1.82) is 0 Å². The number of sulfone groups is 1. The molecule has 0 saturated carbocycles. The molecule has 1 rings (SSSR count). The topological polar surface area (TPSA) is 54.4 Å². The van der Waals surface area contributed by atoms with Crippen LogP contribution in [0.15, 0.2) is 40.0 Å². The van der Waals surface area contributed by atoms with E-state index in [-0.39, 0.29) is 6.61 Å². The van der Waals surface area contributed by atoms with Crippen LogP contribution in [0.3, 0.4) is 0 Å². The number of aryl methyl sites for hydroxylation is 1. The van der Waals surface area contributed by atoms with Gasteiger partial charge in [0.2, 0.25) is 0 Å². The van der Waals surface area contributed by atoms with E-state index in [2.05, 4.69) is 0 Å². The number of aliphatic hydroxyl groups excluding tert-OH is 1. The molecule has 0 saturated heterocycles. The van der Waals surface area contributed by atoms with Crippen molar-refractivity contribution < 1.29 is 13.5 Å². The van der Waals surface area contributed by atoms with E-state index in [0.717, 1.165) is 11.0 Å². The molecule has 0 aliphatic carbocycles. The number of hydrogen-bond donors (Lipinski definition) is 1. The zero-order chi connectivity index (χ0) is 12.0. The highest BCUT2D eigenvalue weighted by molar-refractivity contribution is 8.03. The SMILES string of the molecule is Cc1ccc(S(=O)(=O)/C=C/SCCO)cc1. The molecule has 3 nitrogen and oxygen atoms in total. The fourth-order valence-electron chi connectivity index (χ4n) is 1.04. The summed E-state index contributed by atoms with van der Waals surface area (Å²) >= 11 is 1.27. The maximum absolute atomic E-state index is 11.7. The van der Waals surface area contributed by atoms with Gasteiger partial charge in [-0.05, 0) is 24.5 Å². The van der Waals surface area contributed by atoms with Crippen molar-refractivity contribution in [2.24, 2.45) is 0 Å². The number of benzene rings is 1. The predicted molar refractivity (Wildman–Crippen MR) is 67.0 cm³/mol. The number of hydrogen-bond acceptors (Lipinski definition) is 4. The van der Waals surface area contributed by atoms with E-state index in [4.69, 9.17) is 5.11 Å². The first-order valence-electron chi connectivity index (χ1n) is 4.77. The van der Waals surface area contributed by atoms with Crippen molar-refractivity contribution in [2.45, 2.75) is 11.8 Å². The van der Waals surface area contributed by atoms with Crippen molar-refractivity contribution in [3.8, 4) is 0 Å². The second-order valence-corrected chi connectivity index (χ2v) is 6.07. The van der Waals surface area contributed by atoms with Crippen molar-refractivity contribution in [1.82, 2.24) is 0 Å². The Morgan fingerprint density at radius 3 is 2.50 bits per heavy atom. The largest absolute Gasteiger partial charge is 0.396 e. The summed E-state index contributed by atoms with van der Waals surface area (Å²) < 4.78 is 23.5. The van der Waals surface area contributed by atoms with Gasteiger partial charge in [0.05, 0.1) is 11.5 Å². The molecule has 0 unspecified atom stereocenters. The van der Waals surface area contributed by atoms with E-state index in [1.54, 1.807) is 24.3 Å². The van der Waals surface area contributed by atoms with Gasteiger partial charge in [0, 0.05) is 11.2 Å². The van der Waals surface area contributed by atoms with Gasteiger partial charge in [-0.15, -0.1) is 11.8 Å². The maximum atomic E-state index is 11.7. The lowest BCUT2D eigenvalue weighted by molar-refractivity contribution is 0.322. The molecule has 0 fully saturated rings. The molecule has 0 radical (unpaired) electrons. The average molecular weight is 258 g/mol. The van der Waals surface area contributed by atoms with E-state index in [1.807, 2.05) is 6.92 Å². The summed E-state index contributed by atoms with van der Waals surface area (Å²) in [6, 6.07) is 6.71. The Morgan fingerprint density at radius 2 is 1.94 bits per heavy atom. The first-order chi connectivity index (χ1) is 7.56. The molecule has 1 aromatic rings. The van der Waals surface area contributed by atoms with Crippen molar-refractivity contribution in [3.63, 3.8) is 0 Å². The highest BCUT2D eigenvalue weighted by Gasteiger charge is 2.08.